The molecule has 0 atom stereocenters. The molecule has 1 amide bonds. The van der Waals surface area contributed by atoms with E-state index in [1.807, 2.05) is 0 Å². The summed E-state index contributed by atoms with van der Waals surface area (Å²) in [5.41, 5.74) is -0.778. The van der Waals surface area contributed by atoms with Gasteiger partial charge in [0.2, 0.25) is 17.0 Å². The molecule has 0 fully saturated rings. The first-order valence-corrected chi connectivity index (χ1v) is 5.81. The summed E-state index contributed by atoms with van der Waals surface area (Å²) in [5.74, 6) is -2.52. The van der Waals surface area contributed by atoms with E-state index in [4.69, 9.17) is 28.3 Å². The third kappa shape index (κ3) is 4.48. The van der Waals surface area contributed by atoms with E-state index in [2.05, 4.69) is 20.3 Å². The highest BCUT2D eigenvalue weighted by molar-refractivity contribution is 6.53. The molecule has 2 N–H and O–H groups in total. The molecule has 8 nitrogen and oxygen atoms in total. The normalized spacial score (nSPS) is 11.1. The van der Waals surface area contributed by atoms with Gasteiger partial charge in [-0.3, -0.25) is 4.79 Å². The van der Waals surface area contributed by atoms with Crippen molar-refractivity contribution in [1.29, 1.82) is 0 Å². The number of aromatic nitrogens is 1. The van der Waals surface area contributed by atoms with E-state index in [0.29, 0.717) is 6.41 Å². The summed E-state index contributed by atoms with van der Waals surface area (Å²) in [6.45, 7) is 0. The number of nitrogens with zero attached hydrogens (tertiary/aromatic N) is 2. The van der Waals surface area contributed by atoms with Crippen LogP contribution < -0.4 is 5.32 Å². The van der Waals surface area contributed by atoms with Gasteiger partial charge < -0.3 is 15.3 Å². The summed E-state index contributed by atoms with van der Waals surface area (Å²) < 4.78 is 0. The summed E-state index contributed by atoms with van der Waals surface area (Å²) in [5, 5.41) is 14.4. The second-order valence-electron chi connectivity index (χ2n) is 3.13. The molecule has 0 aromatic carbocycles. The van der Waals surface area contributed by atoms with E-state index in [-0.39, 0.29) is 11.5 Å². The highest BCUT2D eigenvalue weighted by Gasteiger charge is 2.19. The fourth-order valence-electron chi connectivity index (χ4n) is 1.03. The fraction of sp³-hybridized carbons (Fsp3) is 0.100. The van der Waals surface area contributed by atoms with Crippen molar-refractivity contribution in [3.8, 4) is 0 Å². The van der Waals surface area contributed by atoms with Crippen LogP contribution in [0.5, 0.6) is 0 Å². The topological polar surface area (TPSA) is 118 Å². The predicted molar refractivity (Wildman–Crippen MR) is 69.7 cm³/mol. The highest BCUT2D eigenvalue weighted by Crippen LogP contribution is 2.08. The maximum absolute atomic E-state index is 11.0. The zero-order valence-electron chi connectivity index (χ0n) is 9.62. The van der Waals surface area contributed by atoms with Crippen molar-refractivity contribution < 1.29 is 24.3 Å². The van der Waals surface area contributed by atoms with Crippen molar-refractivity contribution in [3.05, 3.63) is 23.9 Å². The number of anilines is 1. The molecular formula is C10H7Cl2N3O5. The molecule has 1 aromatic rings. The number of hydrogen-bond acceptors (Lipinski definition) is 6. The second kappa shape index (κ2) is 7.41. The molecule has 0 saturated heterocycles. The zero-order valence-corrected chi connectivity index (χ0v) is 11.1. The molecule has 10 heteroatoms. The van der Waals surface area contributed by atoms with Crippen molar-refractivity contribution in [2.24, 2.45) is 5.16 Å². The maximum atomic E-state index is 11.0. The molecule has 1 rings (SSSR count). The van der Waals surface area contributed by atoms with Crippen LogP contribution in [-0.2, 0) is 19.2 Å². The van der Waals surface area contributed by atoms with Gasteiger partial charge in [0.05, 0.1) is 0 Å². The summed E-state index contributed by atoms with van der Waals surface area (Å²) >= 11 is 10.4. The summed E-state index contributed by atoms with van der Waals surface area (Å²) in [7, 11) is 0. The van der Waals surface area contributed by atoms with Crippen LogP contribution in [0, 0.1) is 0 Å². The number of carboxylic acids is 1. The zero-order chi connectivity index (χ0) is 15.1. The molecule has 0 aliphatic rings. The second-order valence-corrected chi connectivity index (χ2v) is 4.22. The molecule has 20 heavy (non-hydrogen) atoms. The first kappa shape index (κ1) is 15.9. The van der Waals surface area contributed by atoms with Gasteiger partial charge in [-0.05, 0) is 12.1 Å². The van der Waals surface area contributed by atoms with Gasteiger partial charge in [-0.1, -0.05) is 34.4 Å². The molecule has 0 spiro atoms. The minimum Gasteiger partial charge on any atom is -0.476 e. The average Bonchev–Trinajstić information content (AvgIpc) is 2.39. The van der Waals surface area contributed by atoms with Crippen molar-refractivity contribution in [1.82, 2.24) is 4.98 Å². The molecule has 1 aromatic heterocycles. The van der Waals surface area contributed by atoms with Gasteiger partial charge in [0, 0.05) is 0 Å². The quantitative estimate of drug-likeness (QED) is 0.263. The third-order valence-corrected chi connectivity index (χ3v) is 2.16. The van der Waals surface area contributed by atoms with Crippen LogP contribution in [0.1, 0.15) is 5.69 Å². The lowest BCUT2D eigenvalue weighted by molar-refractivity contribution is -0.141. The van der Waals surface area contributed by atoms with Crippen molar-refractivity contribution in [2.75, 3.05) is 5.32 Å². The Morgan fingerprint density at radius 3 is 2.70 bits per heavy atom. The molecule has 0 radical (unpaired) electrons. The van der Waals surface area contributed by atoms with Crippen LogP contribution in [0.15, 0.2) is 23.4 Å². The Morgan fingerprint density at radius 2 is 2.15 bits per heavy atom. The molecule has 0 bridgehead atoms. The van der Waals surface area contributed by atoms with Crippen molar-refractivity contribution in [3.63, 3.8) is 0 Å². The Morgan fingerprint density at radius 1 is 1.45 bits per heavy atom. The van der Waals surface area contributed by atoms with E-state index >= 15 is 0 Å². The Labute approximate surface area is 122 Å². The number of nitrogens with one attached hydrogen (secondary N) is 1. The number of alkyl halides is 2. The van der Waals surface area contributed by atoms with E-state index in [9.17, 15) is 14.4 Å². The van der Waals surface area contributed by atoms with Gasteiger partial charge in [0.25, 0.3) is 0 Å². The molecular weight excluding hydrogens is 313 g/mol. The minimum absolute atomic E-state index is 0.102. The number of rotatable bonds is 6. The number of amides is 1. The lowest BCUT2D eigenvalue weighted by Crippen LogP contribution is -2.19. The first-order valence-electron chi connectivity index (χ1n) is 4.93. The van der Waals surface area contributed by atoms with E-state index in [1.54, 1.807) is 0 Å². The summed E-state index contributed by atoms with van der Waals surface area (Å²) in [4.78, 5) is 38.9. The number of pyridine rings is 1. The Kier molecular flexibility index (Phi) is 5.88. The van der Waals surface area contributed by atoms with Gasteiger partial charge in [0.15, 0.2) is 0 Å². The molecule has 0 aliphatic heterocycles. The standard InChI is InChI=1S/C10H7Cl2N3O5/c11-8(12)10(19)20-15-7(9(17)18)5-2-1-3-6(14-5)13-4-16/h1-4,8H,(H,17,18)(H,13,14,16)/b15-7+. The molecule has 1 heterocycles. The van der Waals surface area contributed by atoms with Gasteiger partial charge in [-0.15, -0.1) is 0 Å². The predicted octanol–water partition coefficient (Wildman–Crippen LogP) is 0.785. The number of carboxylic acid groups (broad SMARTS) is 1. The highest BCUT2D eigenvalue weighted by atomic mass is 35.5. The number of carbonyl (C=O) groups excluding carboxylic acids is 2. The SMILES string of the molecule is O=CNc1cccc(/C(=N\OC(=O)C(Cl)Cl)C(=O)O)n1. The largest absolute Gasteiger partial charge is 0.476 e. The van der Waals surface area contributed by atoms with Crippen LogP contribution >= 0.6 is 23.2 Å². The molecule has 0 saturated carbocycles. The summed E-state index contributed by atoms with van der Waals surface area (Å²) in [6.07, 6.45) is 0.370. The number of carbonyl (C=O) groups is 3. The van der Waals surface area contributed by atoms with Crippen LogP contribution in [0.4, 0.5) is 5.82 Å². The monoisotopic (exact) mass is 319 g/mol. The van der Waals surface area contributed by atoms with Gasteiger partial charge >= 0.3 is 11.9 Å². The number of halogens is 2. The lowest BCUT2D eigenvalue weighted by atomic mass is 10.2. The molecule has 0 aliphatic carbocycles. The van der Waals surface area contributed by atoms with Gasteiger partial charge in [-0.25, -0.2) is 14.6 Å². The third-order valence-electron chi connectivity index (χ3n) is 1.81. The van der Waals surface area contributed by atoms with Crippen LogP contribution in [0.2, 0.25) is 0 Å². The van der Waals surface area contributed by atoms with Crippen LogP contribution in [-0.4, -0.2) is 39.0 Å². The Hall–Kier alpha value is -2.19. The van der Waals surface area contributed by atoms with Gasteiger partial charge in [0.1, 0.15) is 11.5 Å². The van der Waals surface area contributed by atoms with E-state index in [0.717, 1.165) is 0 Å². The summed E-state index contributed by atoms with van der Waals surface area (Å²) in [6, 6.07) is 4.16. The smallest absolute Gasteiger partial charge is 0.367 e. The van der Waals surface area contributed by atoms with Crippen LogP contribution in [0.25, 0.3) is 0 Å². The van der Waals surface area contributed by atoms with Crippen molar-refractivity contribution in [2.45, 2.75) is 4.84 Å². The number of oxime groups is 1. The molecule has 0 unspecified atom stereocenters. The lowest BCUT2D eigenvalue weighted by Gasteiger charge is -2.03. The van der Waals surface area contributed by atoms with E-state index < -0.39 is 22.5 Å². The van der Waals surface area contributed by atoms with E-state index in [1.165, 1.54) is 18.2 Å². The Bertz CT molecular complexity index is 562. The van der Waals surface area contributed by atoms with Gasteiger partial charge in [-0.2, -0.15) is 0 Å². The van der Waals surface area contributed by atoms with Crippen molar-refractivity contribution >= 4 is 53.1 Å². The number of hydrogen-bond donors (Lipinski definition) is 2. The number of aliphatic carboxylic acids is 1. The van der Waals surface area contributed by atoms with Crippen LogP contribution in [0.3, 0.4) is 0 Å². The molecule has 106 valence electrons. The minimum atomic E-state index is -1.50. The first-order chi connectivity index (χ1) is 9.45. The fourth-order valence-corrected chi connectivity index (χ4v) is 1.11. The average molecular weight is 320 g/mol. The Balaban J connectivity index is 3.04. The maximum Gasteiger partial charge on any atom is 0.367 e.